The van der Waals surface area contributed by atoms with E-state index >= 15 is 0 Å². The van der Waals surface area contributed by atoms with Crippen LogP contribution in [0.3, 0.4) is 0 Å². The van der Waals surface area contributed by atoms with Crippen molar-refractivity contribution in [2.45, 2.75) is 13.0 Å². The zero-order chi connectivity index (χ0) is 19.1. The van der Waals surface area contributed by atoms with Gasteiger partial charge >= 0.3 is 0 Å². The number of phenolic OH excluding ortho intramolecular Hbond substituents is 1. The minimum atomic E-state index is -0.623. The van der Waals surface area contributed by atoms with Gasteiger partial charge in [0, 0.05) is 17.7 Å². The molecule has 0 aliphatic rings. The highest BCUT2D eigenvalue weighted by Crippen LogP contribution is 2.24. The van der Waals surface area contributed by atoms with E-state index < -0.39 is 16.9 Å². The number of methoxy groups -OCH3 is 1. The van der Waals surface area contributed by atoms with E-state index in [4.69, 9.17) is 4.74 Å². The summed E-state index contributed by atoms with van der Waals surface area (Å²) >= 11 is 0. The Labute approximate surface area is 149 Å². The Morgan fingerprint density at radius 1 is 1.35 bits per heavy atom. The second-order valence-electron chi connectivity index (χ2n) is 5.30. The van der Waals surface area contributed by atoms with E-state index in [1.54, 1.807) is 25.1 Å². The van der Waals surface area contributed by atoms with Crippen molar-refractivity contribution in [2.75, 3.05) is 12.4 Å². The Balaban J connectivity index is 2.00. The first-order valence-electron chi connectivity index (χ1n) is 7.62. The van der Waals surface area contributed by atoms with Crippen molar-refractivity contribution in [3.63, 3.8) is 0 Å². The lowest BCUT2D eigenvalue weighted by atomic mass is 10.2. The molecule has 0 spiro atoms. The van der Waals surface area contributed by atoms with E-state index in [1.807, 2.05) is 6.07 Å². The number of hydrogen-bond acceptors (Lipinski definition) is 7. The first kappa shape index (κ1) is 18.7. The molecule has 0 fully saturated rings. The van der Waals surface area contributed by atoms with Crippen LogP contribution < -0.4 is 15.5 Å². The minimum absolute atomic E-state index is 0.116. The number of phenols is 1. The van der Waals surface area contributed by atoms with Gasteiger partial charge in [0.1, 0.15) is 17.5 Å². The third kappa shape index (κ3) is 4.69. The quantitative estimate of drug-likeness (QED) is 0.396. The van der Waals surface area contributed by atoms with E-state index in [0.717, 1.165) is 12.3 Å². The summed E-state index contributed by atoms with van der Waals surface area (Å²) in [5, 5.41) is 27.2. The van der Waals surface area contributed by atoms with Crippen molar-refractivity contribution >= 4 is 23.5 Å². The molecule has 0 heterocycles. The summed E-state index contributed by atoms with van der Waals surface area (Å²) in [6, 6.07) is 10.0. The monoisotopic (exact) mass is 358 g/mol. The number of anilines is 1. The number of carbonyl (C=O) groups is 1. The molecule has 136 valence electrons. The number of hydrazone groups is 1. The summed E-state index contributed by atoms with van der Waals surface area (Å²) in [7, 11) is 1.53. The molecular weight excluding hydrogens is 340 g/mol. The predicted molar refractivity (Wildman–Crippen MR) is 96.6 cm³/mol. The van der Waals surface area contributed by atoms with E-state index in [9.17, 15) is 20.0 Å². The predicted octanol–water partition coefficient (Wildman–Crippen LogP) is 2.26. The summed E-state index contributed by atoms with van der Waals surface area (Å²) in [4.78, 5) is 22.3. The first-order chi connectivity index (χ1) is 12.4. The van der Waals surface area contributed by atoms with Crippen molar-refractivity contribution in [3.05, 3.63) is 58.1 Å². The van der Waals surface area contributed by atoms with Crippen LogP contribution >= 0.6 is 0 Å². The number of nitrogens with one attached hydrogen (secondary N) is 2. The molecule has 0 radical (unpaired) electrons. The number of para-hydroxylation sites is 2. The van der Waals surface area contributed by atoms with Crippen molar-refractivity contribution in [1.82, 2.24) is 5.43 Å². The Morgan fingerprint density at radius 2 is 2.08 bits per heavy atom. The number of rotatable bonds is 7. The van der Waals surface area contributed by atoms with Gasteiger partial charge in [-0.25, -0.2) is 5.43 Å². The van der Waals surface area contributed by atoms with Crippen LogP contribution in [0.4, 0.5) is 11.4 Å². The van der Waals surface area contributed by atoms with E-state index in [-0.39, 0.29) is 17.0 Å². The second kappa shape index (κ2) is 8.47. The van der Waals surface area contributed by atoms with Gasteiger partial charge in [0.2, 0.25) is 0 Å². The van der Waals surface area contributed by atoms with Crippen LogP contribution in [0.25, 0.3) is 0 Å². The average molecular weight is 358 g/mol. The van der Waals surface area contributed by atoms with Gasteiger partial charge in [0.25, 0.3) is 11.6 Å². The Kier molecular flexibility index (Phi) is 6.10. The van der Waals surface area contributed by atoms with Crippen molar-refractivity contribution in [2.24, 2.45) is 5.10 Å². The maximum atomic E-state index is 12.1. The number of carbonyl (C=O) groups excluding carboxylic acids is 1. The summed E-state index contributed by atoms with van der Waals surface area (Å²) in [6.45, 7) is 1.64. The molecule has 0 saturated heterocycles. The number of non-ortho nitro benzene ring substituents is 1. The molecule has 9 nitrogen and oxygen atoms in total. The van der Waals surface area contributed by atoms with Crippen molar-refractivity contribution in [3.8, 4) is 11.5 Å². The molecule has 0 unspecified atom stereocenters. The van der Waals surface area contributed by atoms with Crippen LogP contribution in [0, 0.1) is 10.1 Å². The number of ether oxygens (including phenoxy) is 1. The molecule has 2 rings (SSSR count). The van der Waals surface area contributed by atoms with Gasteiger partial charge in [0.15, 0.2) is 0 Å². The van der Waals surface area contributed by atoms with Gasteiger partial charge in [-0.3, -0.25) is 14.9 Å². The zero-order valence-corrected chi connectivity index (χ0v) is 14.2. The fraction of sp³-hybridized carbons (Fsp3) is 0.176. The Bertz CT molecular complexity index is 838. The smallest absolute Gasteiger partial charge is 0.270 e. The number of hydrogen-bond donors (Lipinski definition) is 3. The molecular formula is C17H18N4O5. The summed E-state index contributed by atoms with van der Waals surface area (Å²) in [5.41, 5.74) is 2.88. The zero-order valence-electron chi connectivity index (χ0n) is 14.2. The maximum Gasteiger partial charge on any atom is 0.270 e. The number of benzene rings is 2. The molecule has 9 heteroatoms. The van der Waals surface area contributed by atoms with E-state index in [0.29, 0.717) is 11.4 Å². The van der Waals surface area contributed by atoms with Crippen LogP contribution in [0.5, 0.6) is 11.5 Å². The lowest BCUT2D eigenvalue weighted by Gasteiger charge is -2.15. The number of amides is 1. The maximum absolute atomic E-state index is 12.1. The molecule has 0 bridgehead atoms. The summed E-state index contributed by atoms with van der Waals surface area (Å²) < 4.78 is 5.20. The van der Waals surface area contributed by atoms with Crippen LogP contribution in [-0.4, -0.2) is 35.3 Å². The van der Waals surface area contributed by atoms with Gasteiger partial charge in [0.05, 0.1) is 23.9 Å². The third-order valence-corrected chi connectivity index (χ3v) is 3.47. The average Bonchev–Trinajstić information content (AvgIpc) is 2.63. The molecule has 3 N–H and O–H groups in total. The fourth-order valence-corrected chi connectivity index (χ4v) is 2.08. The first-order valence-corrected chi connectivity index (χ1v) is 7.62. The lowest BCUT2D eigenvalue weighted by molar-refractivity contribution is -0.384. The largest absolute Gasteiger partial charge is 0.507 e. The van der Waals surface area contributed by atoms with Crippen LogP contribution in [0.1, 0.15) is 12.5 Å². The number of aromatic hydroxyl groups is 1. The van der Waals surface area contributed by atoms with Crippen LogP contribution in [-0.2, 0) is 4.79 Å². The molecule has 2 aromatic rings. The van der Waals surface area contributed by atoms with Gasteiger partial charge in [-0.15, -0.1) is 0 Å². The molecule has 1 atom stereocenters. The second-order valence-corrected chi connectivity index (χ2v) is 5.30. The molecule has 0 aliphatic heterocycles. The van der Waals surface area contributed by atoms with Gasteiger partial charge in [-0.05, 0) is 25.1 Å². The lowest BCUT2D eigenvalue weighted by Crippen LogP contribution is -2.35. The Hall–Kier alpha value is -3.62. The minimum Gasteiger partial charge on any atom is -0.507 e. The molecule has 2 aromatic carbocycles. The van der Waals surface area contributed by atoms with Crippen LogP contribution in [0.2, 0.25) is 0 Å². The highest BCUT2D eigenvalue weighted by atomic mass is 16.6. The van der Waals surface area contributed by atoms with E-state index in [1.165, 1.54) is 19.2 Å². The number of nitro groups is 1. The molecule has 0 aliphatic carbocycles. The normalized spacial score (nSPS) is 11.8. The number of nitrogens with zero attached hydrogens (tertiary/aromatic N) is 2. The van der Waals surface area contributed by atoms with Gasteiger partial charge in [-0.2, -0.15) is 5.10 Å². The number of nitro benzene ring substituents is 1. The Morgan fingerprint density at radius 3 is 2.77 bits per heavy atom. The molecule has 0 saturated carbocycles. The molecule has 26 heavy (non-hydrogen) atoms. The highest BCUT2D eigenvalue weighted by molar-refractivity contribution is 5.88. The molecule has 1 amide bonds. The van der Waals surface area contributed by atoms with E-state index in [2.05, 4.69) is 15.8 Å². The topological polar surface area (TPSA) is 126 Å². The standard InChI is InChI=1S/C17H18N4O5/c1-11(19-14-5-3-4-6-16(14)26-2)17(23)20-18-10-12-9-13(21(24)25)7-8-15(12)22/h3-11,19,22H,1-2H3,(H,20,23)/b18-10+/t11-/m0/s1. The SMILES string of the molecule is COc1ccccc1N[C@@H](C)C(=O)N/N=C/c1cc([N+](=O)[O-])ccc1O. The molecule has 0 aromatic heterocycles. The van der Waals surface area contributed by atoms with Crippen molar-refractivity contribution < 1.29 is 19.6 Å². The fourth-order valence-electron chi connectivity index (χ4n) is 2.08. The summed E-state index contributed by atoms with van der Waals surface area (Å²) in [5.74, 6) is -0.0250. The third-order valence-electron chi connectivity index (χ3n) is 3.47. The van der Waals surface area contributed by atoms with Gasteiger partial charge < -0.3 is 15.2 Å². The van der Waals surface area contributed by atoms with Gasteiger partial charge in [-0.1, -0.05) is 12.1 Å². The highest BCUT2D eigenvalue weighted by Gasteiger charge is 2.14. The van der Waals surface area contributed by atoms with Crippen molar-refractivity contribution in [1.29, 1.82) is 0 Å². The van der Waals surface area contributed by atoms with Crippen LogP contribution in [0.15, 0.2) is 47.6 Å². The summed E-state index contributed by atoms with van der Waals surface area (Å²) in [6.07, 6.45) is 1.13.